The molecular weight excluding hydrogens is 222 g/mol. The van der Waals surface area contributed by atoms with Crippen molar-refractivity contribution in [1.29, 1.82) is 0 Å². The number of rotatable bonds is 8. The number of nitrogens with one attached hydrogen (secondary N) is 1. The zero-order chi connectivity index (χ0) is 13.3. The minimum atomic E-state index is -0.224. The van der Waals surface area contributed by atoms with Crippen molar-refractivity contribution in [2.75, 3.05) is 39.9 Å². The van der Waals surface area contributed by atoms with Crippen LogP contribution in [0, 0.1) is 5.92 Å². The van der Waals surface area contributed by atoms with E-state index in [1.54, 1.807) is 7.05 Å². The third kappa shape index (κ3) is 8.65. The van der Waals surface area contributed by atoms with E-state index in [9.17, 15) is 9.59 Å². The molecule has 0 spiro atoms. The highest BCUT2D eigenvalue weighted by atomic mass is 16.5. The number of carbonyl (C=O) groups excluding carboxylic acids is 2. The molecule has 2 amide bonds. The molecule has 17 heavy (non-hydrogen) atoms. The van der Waals surface area contributed by atoms with Gasteiger partial charge in [-0.25, -0.2) is 0 Å². The Morgan fingerprint density at radius 1 is 1.41 bits per heavy atom. The van der Waals surface area contributed by atoms with Crippen LogP contribution < -0.4 is 11.1 Å². The summed E-state index contributed by atoms with van der Waals surface area (Å²) in [6.07, 6.45) is 0. The van der Waals surface area contributed by atoms with E-state index < -0.39 is 0 Å². The van der Waals surface area contributed by atoms with E-state index in [2.05, 4.69) is 5.32 Å². The maximum Gasteiger partial charge on any atom is 0.248 e. The van der Waals surface area contributed by atoms with Crippen molar-refractivity contribution in [1.82, 2.24) is 10.2 Å². The van der Waals surface area contributed by atoms with Crippen LogP contribution in [0.3, 0.4) is 0 Å². The fraction of sp³-hybridized carbons (Fsp3) is 0.818. The van der Waals surface area contributed by atoms with E-state index in [1.807, 2.05) is 13.8 Å². The zero-order valence-electron chi connectivity index (χ0n) is 10.9. The predicted octanol–water partition coefficient (Wildman–Crippen LogP) is -0.808. The Morgan fingerprint density at radius 2 is 2.06 bits per heavy atom. The molecule has 0 aromatic carbocycles. The van der Waals surface area contributed by atoms with E-state index >= 15 is 0 Å². The highest BCUT2D eigenvalue weighted by Gasteiger charge is 2.12. The molecule has 0 radical (unpaired) electrons. The normalized spacial score (nSPS) is 10.4. The van der Waals surface area contributed by atoms with Crippen LogP contribution in [0.25, 0.3) is 0 Å². The number of hydrogen-bond donors (Lipinski definition) is 2. The zero-order valence-corrected chi connectivity index (χ0v) is 10.9. The summed E-state index contributed by atoms with van der Waals surface area (Å²) in [5.74, 6) is 0.0133. The molecule has 100 valence electrons. The predicted molar refractivity (Wildman–Crippen MR) is 65.4 cm³/mol. The second-order valence-corrected chi connectivity index (χ2v) is 4.29. The van der Waals surface area contributed by atoms with Crippen LogP contribution in [0.2, 0.25) is 0 Å². The van der Waals surface area contributed by atoms with Gasteiger partial charge in [-0.1, -0.05) is 13.8 Å². The lowest BCUT2D eigenvalue weighted by Gasteiger charge is -2.17. The first-order valence-electron chi connectivity index (χ1n) is 5.75. The average Bonchev–Trinajstić information content (AvgIpc) is 2.26. The van der Waals surface area contributed by atoms with Gasteiger partial charge < -0.3 is 20.7 Å². The van der Waals surface area contributed by atoms with Crippen LogP contribution in [0.5, 0.6) is 0 Å². The van der Waals surface area contributed by atoms with Gasteiger partial charge in [-0.2, -0.15) is 0 Å². The molecule has 3 N–H and O–H groups in total. The Bertz CT molecular complexity index is 244. The Morgan fingerprint density at radius 3 is 2.59 bits per heavy atom. The summed E-state index contributed by atoms with van der Waals surface area (Å²) in [6, 6.07) is 0. The van der Waals surface area contributed by atoms with Gasteiger partial charge in [-0.3, -0.25) is 9.59 Å². The van der Waals surface area contributed by atoms with Gasteiger partial charge in [0.05, 0.1) is 13.2 Å². The lowest BCUT2D eigenvalue weighted by atomic mass is 10.2. The Balaban J connectivity index is 3.78. The maximum atomic E-state index is 11.5. The number of likely N-dealkylation sites (N-methyl/N-ethyl adjacent to an activating group) is 1. The van der Waals surface area contributed by atoms with E-state index in [4.69, 9.17) is 10.5 Å². The lowest BCUT2D eigenvalue weighted by molar-refractivity contribution is -0.138. The molecule has 0 fully saturated rings. The molecule has 0 aliphatic heterocycles. The Kier molecular flexibility index (Phi) is 8.35. The van der Waals surface area contributed by atoms with E-state index in [-0.39, 0.29) is 25.0 Å². The van der Waals surface area contributed by atoms with Crippen molar-refractivity contribution >= 4 is 11.8 Å². The average molecular weight is 245 g/mol. The topological polar surface area (TPSA) is 84.7 Å². The number of nitrogens with two attached hydrogens (primary N) is 1. The number of amides is 2. The quantitative estimate of drug-likeness (QED) is 0.548. The summed E-state index contributed by atoms with van der Waals surface area (Å²) in [6.45, 7) is 5.38. The molecule has 0 rings (SSSR count). The van der Waals surface area contributed by atoms with Crippen LogP contribution in [0.1, 0.15) is 13.8 Å². The lowest BCUT2D eigenvalue weighted by Crippen LogP contribution is -2.41. The third-order valence-corrected chi connectivity index (χ3v) is 2.00. The summed E-state index contributed by atoms with van der Waals surface area (Å²) in [5.41, 5.74) is 5.23. The SMILES string of the molecule is CC(C)CNC(=O)CN(C)C(=O)COCCN. The molecule has 0 saturated heterocycles. The Labute approximate surface area is 102 Å². The van der Waals surface area contributed by atoms with Gasteiger partial charge in [0.25, 0.3) is 0 Å². The largest absolute Gasteiger partial charge is 0.370 e. The van der Waals surface area contributed by atoms with Crippen molar-refractivity contribution in [2.45, 2.75) is 13.8 Å². The highest BCUT2D eigenvalue weighted by Crippen LogP contribution is 1.89. The summed E-state index contributed by atoms with van der Waals surface area (Å²) >= 11 is 0. The molecule has 0 atom stereocenters. The monoisotopic (exact) mass is 245 g/mol. The van der Waals surface area contributed by atoms with Crippen molar-refractivity contribution < 1.29 is 14.3 Å². The molecule has 0 aromatic heterocycles. The van der Waals surface area contributed by atoms with Gasteiger partial charge in [0, 0.05) is 20.1 Å². The summed E-state index contributed by atoms with van der Waals surface area (Å²) in [4.78, 5) is 24.2. The maximum absolute atomic E-state index is 11.5. The Hall–Kier alpha value is -1.14. The molecular formula is C11H23N3O3. The minimum Gasteiger partial charge on any atom is -0.370 e. The van der Waals surface area contributed by atoms with Crippen LogP contribution in [0.15, 0.2) is 0 Å². The molecule has 6 nitrogen and oxygen atoms in total. The second kappa shape index (κ2) is 8.95. The molecule has 6 heteroatoms. The van der Waals surface area contributed by atoms with Gasteiger partial charge in [0.15, 0.2) is 0 Å². The van der Waals surface area contributed by atoms with Crippen LogP contribution in [-0.2, 0) is 14.3 Å². The van der Waals surface area contributed by atoms with Crippen molar-refractivity contribution in [2.24, 2.45) is 11.7 Å². The second-order valence-electron chi connectivity index (χ2n) is 4.29. The molecule has 0 heterocycles. The van der Waals surface area contributed by atoms with Crippen LogP contribution in [-0.4, -0.2) is 56.6 Å². The summed E-state index contributed by atoms with van der Waals surface area (Å²) < 4.78 is 5.00. The molecule has 0 aliphatic carbocycles. The molecule has 0 saturated carbocycles. The fourth-order valence-electron chi connectivity index (χ4n) is 1.03. The van der Waals surface area contributed by atoms with Gasteiger partial charge in [0.1, 0.15) is 6.61 Å². The summed E-state index contributed by atoms with van der Waals surface area (Å²) in [7, 11) is 1.57. The first-order valence-corrected chi connectivity index (χ1v) is 5.75. The van der Waals surface area contributed by atoms with Gasteiger partial charge in [-0.15, -0.1) is 0 Å². The number of hydrogen-bond acceptors (Lipinski definition) is 4. The number of nitrogens with zero attached hydrogens (tertiary/aromatic N) is 1. The van der Waals surface area contributed by atoms with Crippen LogP contribution >= 0.6 is 0 Å². The first-order chi connectivity index (χ1) is 7.97. The fourth-order valence-corrected chi connectivity index (χ4v) is 1.03. The van der Waals surface area contributed by atoms with E-state index in [0.29, 0.717) is 25.6 Å². The third-order valence-electron chi connectivity index (χ3n) is 2.00. The van der Waals surface area contributed by atoms with Crippen molar-refractivity contribution in [3.63, 3.8) is 0 Å². The van der Waals surface area contributed by atoms with Crippen molar-refractivity contribution in [3.05, 3.63) is 0 Å². The number of carbonyl (C=O) groups is 2. The van der Waals surface area contributed by atoms with Gasteiger partial charge in [-0.05, 0) is 5.92 Å². The first kappa shape index (κ1) is 15.9. The van der Waals surface area contributed by atoms with Crippen LogP contribution in [0.4, 0.5) is 0 Å². The smallest absolute Gasteiger partial charge is 0.248 e. The summed E-state index contributed by atoms with van der Waals surface area (Å²) in [5, 5.41) is 2.74. The number of ether oxygens (including phenoxy) is 1. The van der Waals surface area contributed by atoms with E-state index in [0.717, 1.165) is 0 Å². The molecule has 0 aromatic rings. The van der Waals surface area contributed by atoms with E-state index in [1.165, 1.54) is 4.90 Å². The molecule has 0 bridgehead atoms. The van der Waals surface area contributed by atoms with Gasteiger partial charge >= 0.3 is 0 Å². The van der Waals surface area contributed by atoms with Gasteiger partial charge in [0.2, 0.25) is 11.8 Å². The molecule has 0 aliphatic rings. The van der Waals surface area contributed by atoms with Crippen molar-refractivity contribution in [3.8, 4) is 0 Å². The highest BCUT2D eigenvalue weighted by molar-refractivity contribution is 5.85. The molecule has 0 unspecified atom stereocenters. The standard InChI is InChI=1S/C11H23N3O3/c1-9(2)6-13-10(15)7-14(3)11(16)8-17-5-4-12/h9H,4-8,12H2,1-3H3,(H,13,15). The minimum absolute atomic E-state index is 0.0365.